The molecule has 1 aromatic carbocycles. The Bertz CT molecular complexity index is 454. The molecule has 0 aliphatic rings. The van der Waals surface area contributed by atoms with Crippen LogP contribution in [0.3, 0.4) is 0 Å². The predicted octanol–water partition coefficient (Wildman–Crippen LogP) is 3.12. The van der Waals surface area contributed by atoms with Gasteiger partial charge in [0.2, 0.25) is 0 Å². The van der Waals surface area contributed by atoms with Gasteiger partial charge in [0, 0.05) is 4.90 Å². The summed E-state index contributed by atoms with van der Waals surface area (Å²) < 4.78 is 0. The molecule has 0 atom stereocenters. The van der Waals surface area contributed by atoms with Crippen LogP contribution < -0.4 is 5.73 Å². The minimum atomic E-state index is 0.743. The molecule has 0 saturated heterocycles. The van der Waals surface area contributed by atoms with Crippen molar-refractivity contribution >= 4 is 17.4 Å². The van der Waals surface area contributed by atoms with Gasteiger partial charge in [0.25, 0.3) is 0 Å². The highest BCUT2D eigenvalue weighted by Gasteiger charge is 2.00. The third kappa shape index (κ3) is 2.50. The van der Waals surface area contributed by atoms with Crippen molar-refractivity contribution in [2.24, 2.45) is 0 Å². The van der Waals surface area contributed by atoms with Crippen molar-refractivity contribution in [1.29, 1.82) is 0 Å². The second kappa shape index (κ2) is 4.36. The highest BCUT2D eigenvalue weighted by Crippen LogP contribution is 2.26. The Labute approximate surface area is 93.5 Å². The van der Waals surface area contributed by atoms with Crippen molar-refractivity contribution in [2.75, 3.05) is 5.73 Å². The fourth-order valence-electron chi connectivity index (χ4n) is 1.21. The third-order valence-corrected chi connectivity index (χ3v) is 3.01. The van der Waals surface area contributed by atoms with Crippen molar-refractivity contribution in [2.45, 2.75) is 16.8 Å². The lowest BCUT2D eigenvalue weighted by molar-refractivity contribution is 1.07. The Kier molecular flexibility index (Phi) is 2.92. The number of nitrogens with zero attached hydrogens (tertiary/aromatic N) is 1. The van der Waals surface area contributed by atoms with E-state index in [1.54, 1.807) is 11.8 Å². The SMILES string of the molecule is Cc1nc(Sc2ccccc2)ccc1N. The van der Waals surface area contributed by atoms with Gasteiger partial charge in [-0.1, -0.05) is 30.0 Å². The van der Waals surface area contributed by atoms with Crippen molar-refractivity contribution in [1.82, 2.24) is 4.98 Å². The first kappa shape index (κ1) is 10.1. The second-order valence-electron chi connectivity index (χ2n) is 3.24. The van der Waals surface area contributed by atoms with Gasteiger partial charge in [-0.25, -0.2) is 4.98 Å². The number of rotatable bonds is 2. The summed E-state index contributed by atoms with van der Waals surface area (Å²) in [7, 11) is 0. The van der Waals surface area contributed by atoms with Crippen LogP contribution in [-0.4, -0.2) is 4.98 Å². The van der Waals surface area contributed by atoms with Crippen molar-refractivity contribution in [3.63, 3.8) is 0 Å². The zero-order valence-corrected chi connectivity index (χ0v) is 9.29. The molecule has 0 aliphatic heterocycles. The molecule has 1 heterocycles. The van der Waals surface area contributed by atoms with Crippen molar-refractivity contribution in [3.8, 4) is 0 Å². The van der Waals surface area contributed by atoms with E-state index < -0.39 is 0 Å². The fourth-order valence-corrected chi connectivity index (χ4v) is 2.07. The zero-order valence-electron chi connectivity index (χ0n) is 8.47. The molecule has 0 unspecified atom stereocenters. The number of anilines is 1. The van der Waals surface area contributed by atoms with Gasteiger partial charge >= 0.3 is 0 Å². The maximum Gasteiger partial charge on any atom is 0.101 e. The average Bonchev–Trinajstić information content (AvgIpc) is 2.25. The molecule has 0 radical (unpaired) electrons. The van der Waals surface area contributed by atoms with E-state index >= 15 is 0 Å². The molecule has 1 aromatic heterocycles. The molecule has 2 N–H and O–H groups in total. The van der Waals surface area contributed by atoms with E-state index in [-0.39, 0.29) is 0 Å². The van der Waals surface area contributed by atoms with E-state index in [4.69, 9.17) is 5.73 Å². The van der Waals surface area contributed by atoms with E-state index in [2.05, 4.69) is 17.1 Å². The number of benzene rings is 1. The average molecular weight is 216 g/mol. The second-order valence-corrected chi connectivity index (χ2v) is 4.33. The highest BCUT2D eigenvalue weighted by atomic mass is 32.2. The maximum atomic E-state index is 5.71. The lowest BCUT2D eigenvalue weighted by Gasteiger charge is -2.03. The summed E-state index contributed by atoms with van der Waals surface area (Å²) in [5, 5.41) is 0.980. The van der Waals surface area contributed by atoms with Gasteiger partial charge in [-0.2, -0.15) is 0 Å². The van der Waals surface area contributed by atoms with Crippen molar-refractivity contribution < 1.29 is 0 Å². The Balaban J connectivity index is 2.22. The van der Waals surface area contributed by atoms with Crippen LogP contribution >= 0.6 is 11.8 Å². The van der Waals surface area contributed by atoms with Crippen LogP contribution in [-0.2, 0) is 0 Å². The summed E-state index contributed by atoms with van der Waals surface area (Å²) in [6, 6.07) is 14.0. The molecular weight excluding hydrogens is 204 g/mol. The topological polar surface area (TPSA) is 38.9 Å². The summed E-state index contributed by atoms with van der Waals surface area (Å²) in [6.45, 7) is 1.92. The lowest BCUT2D eigenvalue weighted by atomic mass is 10.3. The van der Waals surface area contributed by atoms with Crippen LogP contribution in [0.25, 0.3) is 0 Å². The first-order valence-electron chi connectivity index (χ1n) is 4.72. The van der Waals surface area contributed by atoms with E-state index in [0.717, 1.165) is 16.4 Å². The Hall–Kier alpha value is -1.48. The first-order valence-corrected chi connectivity index (χ1v) is 5.53. The fraction of sp³-hybridized carbons (Fsp3) is 0.0833. The number of aromatic nitrogens is 1. The molecular formula is C12H12N2S. The zero-order chi connectivity index (χ0) is 10.7. The van der Waals surface area contributed by atoms with Crippen LogP contribution in [0.5, 0.6) is 0 Å². The normalized spacial score (nSPS) is 10.2. The molecule has 2 aromatic rings. The molecule has 0 saturated carbocycles. The molecule has 15 heavy (non-hydrogen) atoms. The maximum absolute atomic E-state index is 5.71. The Morgan fingerprint density at radius 2 is 1.80 bits per heavy atom. The molecule has 0 spiro atoms. The minimum absolute atomic E-state index is 0.743. The van der Waals surface area contributed by atoms with Crippen LogP contribution in [0.4, 0.5) is 5.69 Å². The third-order valence-electron chi connectivity index (χ3n) is 2.07. The molecule has 3 heteroatoms. The van der Waals surface area contributed by atoms with E-state index in [1.165, 1.54) is 4.90 Å². The molecule has 0 fully saturated rings. The lowest BCUT2D eigenvalue weighted by Crippen LogP contribution is -1.93. The molecule has 2 nitrogen and oxygen atoms in total. The molecule has 0 bridgehead atoms. The monoisotopic (exact) mass is 216 g/mol. The standard InChI is InChI=1S/C12H12N2S/c1-9-11(13)7-8-12(14-9)15-10-5-3-2-4-6-10/h2-8H,13H2,1H3. The number of hydrogen-bond donors (Lipinski definition) is 1. The molecule has 0 amide bonds. The van der Waals surface area contributed by atoms with Gasteiger partial charge in [-0.15, -0.1) is 0 Å². The predicted molar refractivity (Wildman–Crippen MR) is 64.0 cm³/mol. The number of nitrogen functional groups attached to an aromatic ring is 1. The molecule has 76 valence electrons. The van der Waals surface area contributed by atoms with Gasteiger partial charge in [0.15, 0.2) is 0 Å². The largest absolute Gasteiger partial charge is 0.397 e. The smallest absolute Gasteiger partial charge is 0.101 e. The van der Waals surface area contributed by atoms with E-state index in [9.17, 15) is 0 Å². The van der Waals surface area contributed by atoms with Crippen LogP contribution in [0.2, 0.25) is 0 Å². The minimum Gasteiger partial charge on any atom is -0.397 e. The highest BCUT2D eigenvalue weighted by molar-refractivity contribution is 7.99. The summed E-state index contributed by atoms with van der Waals surface area (Å²) in [4.78, 5) is 5.60. The van der Waals surface area contributed by atoms with Crippen LogP contribution in [0.15, 0.2) is 52.4 Å². The Morgan fingerprint density at radius 3 is 2.47 bits per heavy atom. The number of aryl methyl sites for hydroxylation is 1. The Morgan fingerprint density at radius 1 is 1.07 bits per heavy atom. The summed E-state index contributed by atoms with van der Waals surface area (Å²) in [5.41, 5.74) is 7.34. The summed E-state index contributed by atoms with van der Waals surface area (Å²) >= 11 is 1.64. The summed E-state index contributed by atoms with van der Waals surface area (Å²) in [6.07, 6.45) is 0. The molecule has 0 aliphatic carbocycles. The number of pyridine rings is 1. The first-order chi connectivity index (χ1) is 7.25. The van der Waals surface area contributed by atoms with Gasteiger partial charge in [0.1, 0.15) is 5.03 Å². The van der Waals surface area contributed by atoms with E-state index in [0.29, 0.717) is 0 Å². The van der Waals surface area contributed by atoms with E-state index in [1.807, 2.05) is 37.3 Å². The van der Waals surface area contributed by atoms with Gasteiger partial charge < -0.3 is 5.73 Å². The molecule has 2 rings (SSSR count). The van der Waals surface area contributed by atoms with Crippen LogP contribution in [0.1, 0.15) is 5.69 Å². The number of hydrogen-bond acceptors (Lipinski definition) is 3. The number of nitrogens with two attached hydrogens (primary N) is 1. The van der Waals surface area contributed by atoms with Crippen LogP contribution in [0, 0.1) is 6.92 Å². The quantitative estimate of drug-likeness (QED) is 0.838. The van der Waals surface area contributed by atoms with Gasteiger partial charge in [0.05, 0.1) is 11.4 Å². The summed E-state index contributed by atoms with van der Waals surface area (Å²) in [5.74, 6) is 0. The van der Waals surface area contributed by atoms with Gasteiger partial charge in [-0.05, 0) is 31.2 Å². The van der Waals surface area contributed by atoms with Crippen molar-refractivity contribution in [3.05, 3.63) is 48.2 Å². The van der Waals surface area contributed by atoms with Gasteiger partial charge in [-0.3, -0.25) is 0 Å².